The lowest BCUT2D eigenvalue weighted by Crippen LogP contribution is -2.36. The Morgan fingerprint density at radius 1 is 1.19 bits per heavy atom. The number of ether oxygens (including phenoxy) is 3. The molecular formula is C25H26FNO4. The summed E-state index contributed by atoms with van der Waals surface area (Å²) < 4.78 is 33.7. The van der Waals surface area contributed by atoms with Gasteiger partial charge in [-0.25, -0.2) is 4.39 Å². The van der Waals surface area contributed by atoms with Gasteiger partial charge in [-0.2, -0.15) is 0 Å². The topological polar surface area (TPSA) is 49.7 Å². The Kier molecular flexibility index (Phi) is 6.20. The van der Waals surface area contributed by atoms with E-state index in [-0.39, 0.29) is 18.0 Å². The molecule has 3 aromatic rings. The highest BCUT2D eigenvalue weighted by atomic mass is 19.1. The van der Waals surface area contributed by atoms with Crippen LogP contribution in [0, 0.1) is 5.82 Å². The van der Waals surface area contributed by atoms with Gasteiger partial charge in [-0.15, -0.1) is 6.58 Å². The first-order chi connectivity index (χ1) is 15.0. The summed E-state index contributed by atoms with van der Waals surface area (Å²) in [5.74, 6) is 0.0342. The summed E-state index contributed by atoms with van der Waals surface area (Å²) in [6.45, 7) is 5.41. The van der Waals surface area contributed by atoms with Crippen LogP contribution in [0.4, 0.5) is 4.39 Å². The molecule has 31 heavy (non-hydrogen) atoms. The van der Waals surface area contributed by atoms with E-state index in [2.05, 4.69) is 6.58 Å². The average Bonchev–Trinajstić information content (AvgIpc) is 2.79. The van der Waals surface area contributed by atoms with Gasteiger partial charge < -0.3 is 18.8 Å². The highest BCUT2D eigenvalue weighted by molar-refractivity contribution is 5.82. The van der Waals surface area contributed by atoms with E-state index in [1.807, 2.05) is 24.3 Å². The lowest BCUT2D eigenvalue weighted by Gasteiger charge is -2.37. The number of benzene rings is 2. The van der Waals surface area contributed by atoms with E-state index in [1.54, 1.807) is 29.8 Å². The third-order valence-electron chi connectivity index (χ3n) is 5.79. The Morgan fingerprint density at radius 2 is 2.00 bits per heavy atom. The molecule has 162 valence electrons. The van der Waals surface area contributed by atoms with Crippen LogP contribution in [0.15, 0.2) is 66.0 Å². The SMILES string of the molecule is C=CCOC1(c2cc(F)cc(OCc3cccc4ccc(=O)n(C)c34)c2)CCOCC1. The Hall–Kier alpha value is -2.96. The fourth-order valence-corrected chi connectivity index (χ4v) is 4.16. The highest BCUT2D eigenvalue weighted by Crippen LogP contribution is 2.38. The van der Waals surface area contributed by atoms with Crippen molar-refractivity contribution in [1.82, 2.24) is 4.57 Å². The minimum atomic E-state index is -0.629. The lowest BCUT2D eigenvalue weighted by atomic mass is 9.86. The fourth-order valence-electron chi connectivity index (χ4n) is 4.16. The third-order valence-corrected chi connectivity index (χ3v) is 5.79. The maximum atomic E-state index is 14.5. The first-order valence-electron chi connectivity index (χ1n) is 10.4. The van der Waals surface area contributed by atoms with Crippen molar-refractivity contribution in [3.63, 3.8) is 0 Å². The molecule has 1 saturated heterocycles. The number of rotatable bonds is 7. The normalized spacial score (nSPS) is 15.7. The Bertz CT molecular complexity index is 1150. The van der Waals surface area contributed by atoms with Crippen LogP contribution in [-0.4, -0.2) is 24.4 Å². The van der Waals surface area contributed by atoms with E-state index in [9.17, 15) is 9.18 Å². The number of nitrogens with zero attached hydrogens (tertiary/aromatic N) is 1. The van der Waals surface area contributed by atoms with E-state index in [0.29, 0.717) is 38.4 Å². The molecule has 6 heteroatoms. The molecule has 2 aromatic carbocycles. The van der Waals surface area contributed by atoms with Gasteiger partial charge in [0.15, 0.2) is 0 Å². The van der Waals surface area contributed by atoms with Crippen LogP contribution in [0.2, 0.25) is 0 Å². The number of fused-ring (bicyclic) bond motifs is 1. The first kappa shape index (κ1) is 21.3. The molecule has 0 bridgehead atoms. The van der Waals surface area contributed by atoms with E-state index in [4.69, 9.17) is 14.2 Å². The maximum Gasteiger partial charge on any atom is 0.250 e. The number of halogens is 1. The second-order valence-electron chi connectivity index (χ2n) is 7.76. The van der Waals surface area contributed by atoms with E-state index in [0.717, 1.165) is 22.0 Å². The van der Waals surface area contributed by atoms with Gasteiger partial charge in [0, 0.05) is 50.8 Å². The second-order valence-corrected chi connectivity index (χ2v) is 7.76. The predicted molar refractivity (Wildman–Crippen MR) is 118 cm³/mol. The van der Waals surface area contributed by atoms with Gasteiger partial charge in [0.1, 0.15) is 18.2 Å². The highest BCUT2D eigenvalue weighted by Gasteiger charge is 2.36. The summed E-state index contributed by atoms with van der Waals surface area (Å²) in [4.78, 5) is 12.1. The minimum absolute atomic E-state index is 0.0891. The molecule has 1 aliphatic heterocycles. The number of aromatic nitrogens is 1. The van der Waals surface area contributed by atoms with Crippen LogP contribution < -0.4 is 10.3 Å². The standard InChI is InChI=1S/C25H26FNO4/c1-3-11-31-25(9-12-29-13-10-25)20-14-21(26)16-22(15-20)30-17-19-6-4-5-18-7-8-23(28)27(2)24(18)19/h3-8,14-16H,1,9-13,17H2,2H3. The van der Waals surface area contributed by atoms with Crippen molar-refractivity contribution in [2.24, 2.45) is 7.05 Å². The molecule has 0 atom stereocenters. The Balaban J connectivity index is 1.64. The molecule has 0 unspecified atom stereocenters. The maximum absolute atomic E-state index is 14.5. The smallest absolute Gasteiger partial charge is 0.250 e. The van der Waals surface area contributed by atoms with Crippen molar-refractivity contribution in [2.75, 3.05) is 19.8 Å². The van der Waals surface area contributed by atoms with Crippen LogP contribution in [0.25, 0.3) is 10.9 Å². The quantitative estimate of drug-likeness (QED) is 0.527. The second kappa shape index (κ2) is 9.04. The van der Waals surface area contributed by atoms with Crippen molar-refractivity contribution in [1.29, 1.82) is 0 Å². The van der Waals surface area contributed by atoms with Gasteiger partial charge in [0.05, 0.1) is 17.7 Å². The molecule has 0 radical (unpaired) electrons. The number of hydrogen-bond acceptors (Lipinski definition) is 4. The Morgan fingerprint density at radius 3 is 2.77 bits per heavy atom. The van der Waals surface area contributed by atoms with Gasteiger partial charge in [0.2, 0.25) is 0 Å². The summed E-state index contributed by atoms with van der Waals surface area (Å²) in [5, 5.41) is 0.946. The molecule has 2 heterocycles. The average molecular weight is 423 g/mol. The molecule has 0 saturated carbocycles. The van der Waals surface area contributed by atoms with Gasteiger partial charge in [-0.1, -0.05) is 24.3 Å². The molecule has 4 rings (SSSR count). The molecule has 0 spiro atoms. The van der Waals surface area contributed by atoms with Crippen molar-refractivity contribution in [3.8, 4) is 5.75 Å². The van der Waals surface area contributed by atoms with E-state index in [1.165, 1.54) is 12.1 Å². The van der Waals surface area contributed by atoms with Gasteiger partial charge in [0.25, 0.3) is 5.56 Å². The van der Waals surface area contributed by atoms with Crippen molar-refractivity contribution >= 4 is 10.9 Å². The Labute approximate surface area is 180 Å². The van der Waals surface area contributed by atoms with Crippen LogP contribution >= 0.6 is 0 Å². The van der Waals surface area contributed by atoms with Gasteiger partial charge >= 0.3 is 0 Å². The molecule has 1 fully saturated rings. The zero-order chi connectivity index (χ0) is 21.8. The largest absolute Gasteiger partial charge is 0.489 e. The van der Waals surface area contributed by atoms with E-state index >= 15 is 0 Å². The number of pyridine rings is 1. The minimum Gasteiger partial charge on any atom is -0.489 e. The summed E-state index contributed by atoms with van der Waals surface area (Å²) >= 11 is 0. The molecule has 1 aliphatic rings. The predicted octanol–water partition coefficient (Wildman–Crippen LogP) is 4.46. The molecule has 0 amide bonds. The summed E-state index contributed by atoms with van der Waals surface area (Å²) in [6, 6.07) is 13.8. The number of hydrogen-bond donors (Lipinski definition) is 0. The summed E-state index contributed by atoms with van der Waals surface area (Å²) in [6.07, 6.45) is 2.96. The fraction of sp³-hybridized carbons (Fsp3) is 0.320. The zero-order valence-corrected chi connectivity index (χ0v) is 17.6. The van der Waals surface area contributed by atoms with Crippen molar-refractivity contribution in [2.45, 2.75) is 25.0 Å². The van der Waals surface area contributed by atoms with Crippen LogP contribution in [-0.2, 0) is 28.7 Å². The van der Waals surface area contributed by atoms with E-state index < -0.39 is 5.60 Å². The summed E-state index contributed by atoms with van der Waals surface area (Å²) in [5.41, 5.74) is 1.68. The van der Waals surface area contributed by atoms with Gasteiger partial charge in [-0.3, -0.25) is 4.79 Å². The zero-order valence-electron chi connectivity index (χ0n) is 17.6. The monoisotopic (exact) mass is 423 g/mol. The van der Waals surface area contributed by atoms with Crippen LogP contribution in [0.3, 0.4) is 0 Å². The molecule has 0 N–H and O–H groups in total. The molecule has 1 aromatic heterocycles. The first-order valence-corrected chi connectivity index (χ1v) is 10.4. The van der Waals surface area contributed by atoms with Crippen molar-refractivity contribution < 1.29 is 18.6 Å². The lowest BCUT2D eigenvalue weighted by molar-refractivity contribution is -0.108. The number of para-hydroxylation sites is 1. The molecular weight excluding hydrogens is 397 g/mol. The molecule has 5 nitrogen and oxygen atoms in total. The van der Waals surface area contributed by atoms with Gasteiger partial charge in [-0.05, 0) is 29.1 Å². The summed E-state index contributed by atoms with van der Waals surface area (Å²) in [7, 11) is 1.74. The molecule has 0 aliphatic carbocycles. The van der Waals surface area contributed by atoms with Crippen LogP contribution in [0.1, 0.15) is 24.0 Å². The third kappa shape index (κ3) is 4.40. The van der Waals surface area contributed by atoms with Crippen LogP contribution in [0.5, 0.6) is 5.75 Å². The van der Waals surface area contributed by atoms with Crippen molar-refractivity contribution in [3.05, 3.63) is 88.5 Å². The number of aryl methyl sites for hydroxylation is 1.